The molecule has 5 atom stereocenters. The van der Waals surface area contributed by atoms with Crippen LogP contribution in [0.5, 0.6) is 0 Å². The Kier molecular flexibility index (Phi) is 11.3. The quantitative estimate of drug-likeness (QED) is 0.215. The molecule has 1 heterocycles. The summed E-state index contributed by atoms with van der Waals surface area (Å²) < 4.78 is 0. The van der Waals surface area contributed by atoms with Gasteiger partial charge in [-0.2, -0.15) is 0 Å². The number of hydrogen-bond acceptors (Lipinski definition) is 6. The lowest BCUT2D eigenvalue weighted by molar-refractivity contribution is -0.142. The highest BCUT2D eigenvalue weighted by molar-refractivity contribution is 5.94. The van der Waals surface area contributed by atoms with Crippen LogP contribution in [0.3, 0.4) is 0 Å². The number of nitrogens with two attached hydrogens (primary N) is 1. The van der Waals surface area contributed by atoms with Crippen LogP contribution < -0.4 is 21.7 Å². The Hall–Kier alpha value is -3.73. The molecule has 0 aliphatic carbocycles. The van der Waals surface area contributed by atoms with Gasteiger partial charge in [-0.05, 0) is 17.4 Å². The van der Waals surface area contributed by atoms with Crippen molar-refractivity contribution in [3.05, 3.63) is 54.1 Å². The van der Waals surface area contributed by atoms with E-state index in [0.717, 1.165) is 5.56 Å². The second-order valence-corrected chi connectivity index (χ2v) is 9.57. The largest absolute Gasteiger partial charge is 0.480 e. The average molecular weight is 515 g/mol. The van der Waals surface area contributed by atoms with E-state index in [0.29, 0.717) is 12.1 Å². The van der Waals surface area contributed by atoms with E-state index < -0.39 is 47.9 Å². The number of imidazole rings is 1. The van der Waals surface area contributed by atoms with E-state index in [1.807, 2.05) is 13.0 Å². The van der Waals surface area contributed by atoms with Crippen LogP contribution in [-0.4, -0.2) is 62.9 Å². The van der Waals surface area contributed by atoms with Gasteiger partial charge in [0.25, 0.3) is 0 Å². The Morgan fingerprint density at radius 1 is 0.946 bits per heavy atom. The number of aromatic amines is 1. The maximum atomic E-state index is 13.3. The molecule has 5 unspecified atom stereocenters. The summed E-state index contributed by atoms with van der Waals surface area (Å²) in [7, 11) is 0. The van der Waals surface area contributed by atoms with Gasteiger partial charge < -0.3 is 31.8 Å². The number of hydrogen-bond donors (Lipinski definition) is 6. The van der Waals surface area contributed by atoms with Gasteiger partial charge in [-0.15, -0.1) is 0 Å². The molecule has 3 amide bonds. The number of amides is 3. The maximum absolute atomic E-state index is 13.3. The highest BCUT2D eigenvalue weighted by atomic mass is 16.4. The molecule has 202 valence electrons. The zero-order valence-electron chi connectivity index (χ0n) is 21.7. The molecular formula is C26H38N6O5. The third-order valence-corrected chi connectivity index (χ3v) is 6.32. The third kappa shape index (κ3) is 9.02. The highest BCUT2D eigenvalue weighted by Gasteiger charge is 2.33. The molecule has 7 N–H and O–H groups in total. The molecule has 0 spiro atoms. The minimum absolute atomic E-state index is 0.0919. The Labute approximate surface area is 217 Å². The van der Waals surface area contributed by atoms with Gasteiger partial charge in [0.2, 0.25) is 17.7 Å². The lowest BCUT2D eigenvalue weighted by Crippen LogP contribution is -2.59. The first kappa shape index (κ1) is 29.5. The van der Waals surface area contributed by atoms with Crippen molar-refractivity contribution in [2.75, 3.05) is 0 Å². The molecule has 1 aromatic heterocycles. The number of nitrogens with zero attached hydrogens (tertiary/aromatic N) is 1. The number of H-pyrrole nitrogens is 1. The van der Waals surface area contributed by atoms with Crippen molar-refractivity contribution < 1.29 is 24.3 Å². The van der Waals surface area contributed by atoms with Crippen LogP contribution in [0.4, 0.5) is 0 Å². The first-order chi connectivity index (χ1) is 17.5. The molecule has 11 heteroatoms. The van der Waals surface area contributed by atoms with Crippen molar-refractivity contribution in [2.24, 2.45) is 17.6 Å². The van der Waals surface area contributed by atoms with Gasteiger partial charge in [0.15, 0.2) is 0 Å². The zero-order valence-corrected chi connectivity index (χ0v) is 21.7. The Balaban J connectivity index is 2.20. The van der Waals surface area contributed by atoms with Crippen LogP contribution in [0.1, 0.15) is 45.4 Å². The van der Waals surface area contributed by atoms with Crippen molar-refractivity contribution in [1.29, 1.82) is 0 Å². The summed E-state index contributed by atoms with van der Waals surface area (Å²) in [5, 5.41) is 17.7. The van der Waals surface area contributed by atoms with Crippen LogP contribution in [-0.2, 0) is 32.0 Å². The molecule has 0 radical (unpaired) electrons. The van der Waals surface area contributed by atoms with E-state index in [1.54, 1.807) is 45.0 Å². The first-order valence-electron chi connectivity index (χ1n) is 12.4. The molecule has 2 rings (SSSR count). The van der Waals surface area contributed by atoms with Crippen molar-refractivity contribution in [1.82, 2.24) is 25.9 Å². The van der Waals surface area contributed by atoms with Gasteiger partial charge in [0, 0.05) is 24.7 Å². The lowest BCUT2D eigenvalue weighted by Gasteiger charge is -2.28. The fraction of sp³-hybridized carbons (Fsp3) is 0.500. The van der Waals surface area contributed by atoms with Gasteiger partial charge in [0.1, 0.15) is 18.1 Å². The molecule has 0 bridgehead atoms. The molecule has 0 saturated heterocycles. The van der Waals surface area contributed by atoms with Crippen LogP contribution in [0.25, 0.3) is 0 Å². The van der Waals surface area contributed by atoms with E-state index in [2.05, 4.69) is 25.9 Å². The summed E-state index contributed by atoms with van der Waals surface area (Å²) >= 11 is 0. The van der Waals surface area contributed by atoms with Crippen molar-refractivity contribution in [2.45, 2.75) is 71.1 Å². The number of rotatable bonds is 14. The summed E-state index contributed by atoms with van der Waals surface area (Å²) in [5.74, 6) is -3.33. The van der Waals surface area contributed by atoms with Gasteiger partial charge in [-0.25, -0.2) is 9.78 Å². The van der Waals surface area contributed by atoms with Crippen molar-refractivity contribution in [3.8, 4) is 0 Å². The number of carboxylic acid groups (broad SMARTS) is 1. The number of nitrogens with one attached hydrogen (secondary N) is 4. The number of carbonyl (C=O) groups is 4. The summed E-state index contributed by atoms with van der Waals surface area (Å²) in [5.41, 5.74) is 7.33. The van der Waals surface area contributed by atoms with Gasteiger partial charge in [-0.1, -0.05) is 64.4 Å². The summed E-state index contributed by atoms with van der Waals surface area (Å²) in [4.78, 5) is 57.9. The number of benzene rings is 1. The smallest absolute Gasteiger partial charge is 0.326 e. The number of carboxylic acids is 1. The van der Waals surface area contributed by atoms with Gasteiger partial charge in [-0.3, -0.25) is 14.4 Å². The van der Waals surface area contributed by atoms with Gasteiger partial charge in [0.05, 0.1) is 12.4 Å². The molecule has 0 aliphatic heterocycles. The lowest BCUT2D eigenvalue weighted by atomic mass is 9.96. The number of aliphatic carboxylic acids is 1. The monoisotopic (exact) mass is 514 g/mol. The molecule has 1 aromatic carbocycles. The van der Waals surface area contributed by atoms with Crippen LogP contribution >= 0.6 is 0 Å². The molecule has 0 fully saturated rings. The first-order valence-corrected chi connectivity index (χ1v) is 12.4. The second-order valence-electron chi connectivity index (χ2n) is 9.57. The Morgan fingerprint density at radius 3 is 2.14 bits per heavy atom. The summed E-state index contributed by atoms with van der Waals surface area (Å²) in [6.07, 6.45) is 3.73. The number of carbonyl (C=O) groups excluding carboxylic acids is 3. The molecule has 37 heavy (non-hydrogen) atoms. The van der Waals surface area contributed by atoms with Crippen LogP contribution in [0.2, 0.25) is 0 Å². The van der Waals surface area contributed by atoms with Crippen LogP contribution in [0.15, 0.2) is 42.9 Å². The SMILES string of the molecule is CCC(C)C(NC(=O)C(Cc1cnc[nH]1)NC(=O)C(N)C(C)C)C(=O)NC(Cc1ccccc1)C(=O)O. The second kappa shape index (κ2) is 14.1. The van der Waals surface area contributed by atoms with Crippen LogP contribution in [0, 0.1) is 11.8 Å². The predicted molar refractivity (Wildman–Crippen MR) is 138 cm³/mol. The van der Waals surface area contributed by atoms with E-state index in [1.165, 1.54) is 12.5 Å². The highest BCUT2D eigenvalue weighted by Crippen LogP contribution is 2.11. The van der Waals surface area contributed by atoms with E-state index in [4.69, 9.17) is 5.73 Å². The number of aromatic nitrogens is 2. The molecular weight excluding hydrogens is 476 g/mol. The summed E-state index contributed by atoms with van der Waals surface area (Å²) in [6.45, 7) is 7.24. The van der Waals surface area contributed by atoms with Crippen molar-refractivity contribution in [3.63, 3.8) is 0 Å². The Bertz CT molecular complexity index is 1030. The minimum Gasteiger partial charge on any atom is -0.480 e. The van der Waals surface area contributed by atoms with E-state index >= 15 is 0 Å². The molecule has 2 aromatic rings. The fourth-order valence-electron chi connectivity index (χ4n) is 3.66. The zero-order chi connectivity index (χ0) is 27.5. The summed E-state index contributed by atoms with van der Waals surface area (Å²) in [6, 6.07) is 4.91. The van der Waals surface area contributed by atoms with E-state index in [-0.39, 0.29) is 24.7 Å². The third-order valence-electron chi connectivity index (χ3n) is 6.32. The van der Waals surface area contributed by atoms with Crippen molar-refractivity contribution >= 4 is 23.7 Å². The standard InChI is InChI=1S/C26H38N6O5/c1-5-16(4)22(25(35)31-20(26(36)37)11-17-9-7-6-8-10-17)32-23(33)19(12-18-13-28-14-29-18)30-24(34)21(27)15(2)3/h6-10,13-16,19-22H,5,11-12,27H2,1-4H3,(H,28,29)(H,30,34)(H,31,35)(H,32,33)(H,36,37). The predicted octanol–water partition coefficient (Wildman–Crippen LogP) is 0.763. The fourth-order valence-corrected chi connectivity index (χ4v) is 3.66. The average Bonchev–Trinajstić information content (AvgIpc) is 3.38. The maximum Gasteiger partial charge on any atom is 0.326 e. The normalized spacial score (nSPS) is 15.2. The Morgan fingerprint density at radius 2 is 1.59 bits per heavy atom. The molecule has 0 aliphatic rings. The minimum atomic E-state index is -1.18. The molecule has 11 nitrogen and oxygen atoms in total. The topological polar surface area (TPSA) is 179 Å². The van der Waals surface area contributed by atoms with Gasteiger partial charge >= 0.3 is 5.97 Å². The van der Waals surface area contributed by atoms with E-state index in [9.17, 15) is 24.3 Å². The molecule has 0 saturated carbocycles.